The number of hydrogen-bond acceptors (Lipinski definition) is 4. The topological polar surface area (TPSA) is 52.6 Å². The molecule has 0 saturated heterocycles. The highest BCUT2D eigenvalue weighted by molar-refractivity contribution is 9.10. The van der Waals surface area contributed by atoms with Gasteiger partial charge in [-0.15, -0.1) is 0 Å². The maximum Gasteiger partial charge on any atom is 0.339 e. The van der Waals surface area contributed by atoms with Crippen molar-refractivity contribution in [1.29, 1.82) is 0 Å². The molecule has 26 heavy (non-hydrogen) atoms. The first-order valence-electron chi connectivity index (χ1n) is 8.75. The highest BCUT2D eigenvalue weighted by Gasteiger charge is 2.21. The van der Waals surface area contributed by atoms with Crippen molar-refractivity contribution in [2.24, 2.45) is 0 Å². The van der Waals surface area contributed by atoms with E-state index in [0.29, 0.717) is 6.61 Å². The molecule has 0 radical (unpaired) electrons. The molecule has 0 fully saturated rings. The molecule has 1 unspecified atom stereocenters. The molecular formula is C21H23BrO4. The van der Waals surface area contributed by atoms with Crippen molar-refractivity contribution >= 4 is 27.9 Å². The van der Waals surface area contributed by atoms with Gasteiger partial charge in [0.1, 0.15) is 6.10 Å². The normalized spacial score (nSPS) is 11.7. The number of benzene rings is 2. The SMILES string of the molecule is CCCCCOC(=O)c1ccccc1C(=O)OC(C)c1cccc(Br)c1. The van der Waals surface area contributed by atoms with Crippen molar-refractivity contribution in [2.45, 2.75) is 39.2 Å². The minimum atomic E-state index is -0.543. The zero-order valence-corrected chi connectivity index (χ0v) is 16.6. The Hall–Kier alpha value is -2.14. The summed E-state index contributed by atoms with van der Waals surface area (Å²) in [5, 5.41) is 0. The van der Waals surface area contributed by atoms with Crippen molar-refractivity contribution in [3.05, 3.63) is 69.7 Å². The Morgan fingerprint density at radius 3 is 2.35 bits per heavy atom. The van der Waals surface area contributed by atoms with Crippen LogP contribution in [0.5, 0.6) is 0 Å². The van der Waals surface area contributed by atoms with Gasteiger partial charge in [0.25, 0.3) is 0 Å². The first-order valence-corrected chi connectivity index (χ1v) is 9.54. The van der Waals surface area contributed by atoms with Gasteiger partial charge in [-0.1, -0.05) is 60.0 Å². The predicted molar refractivity (Wildman–Crippen MR) is 104 cm³/mol. The molecule has 0 saturated carbocycles. The van der Waals surface area contributed by atoms with Crippen molar-refractivity contribution in [2.75, 3.05) is 6.61 Å². The number of halogens is 1. The van der Waals surface area contributed by atoms with Gasteiger partial charge < -0.3 is 9.47 Å². The van der Waals surface area contributed by atoms with Gasteiger partial charge in [-0.05, 0) is 43.2 Å². The van der Waals surface area contributed by atoms with E-state index < -0.39 is 18.0 Å². The van der Waals surface area contributed by atoms with Crippen LogP contribution in [0.4, 0.5) is 0 Å². The van der Waals surface area contributed by atoms with Crippen LogP contribution >= 0.6 is 15.9 Å². The molecule has 2 rings (SSSR count). The Bertz CT molecular complexity index is 757. The first kappa shape index (κ1) is 20.2. The van der Waals surface area contributed by atoms with Crippen LogP contribution in [0.3, 0.4) is 0 Å². The lowest BCUT2D eigenvalue weighted by atomic mass is 10.1. The Morgan fingerprint density at radius 1 is 1.00 bits per heavy atom. The average molecular weight is 419 g/mol. The third kappa shape index (κ3) is 5.70. The van der Waals surface area contributed by atoms with Crippen LogP contribution in [0.15, 0.2) is 53.0 Å². The number of esters is 2. The molecule has 0 aromatic heterocycles. The summed E-state index contributed by atoms with van der Waals surface area (Å²) in [7, 11) is 0. The lowest BCUT2D eigenvalue weighted by Gasteiger charge is -2.15. The summed E-state index contributed by atoms with van der Waals surface area (Å²) in [6.07, 6.45) is 2.43. The zero-order valence-electron chi connectivity index (χ0n) is 15.0. The van der Waals surface area contributed by atoms with Gasteiger partial charge in [-0.3, -0.25) is 0 Å². The second-order valence-corrected chi connectivity index (χ2v) is 6.91. The molecule has 0 N–H and O–H groups in total. The van der Waals surface area contributed by atoms with Gasteiger partial charge in [-0.25, -0.2) is 9.59 Å². The molecule has 0 heterocycles. The highest BCUT2D eigenvalue weighted by Crippen LogP contribution is 2.23. The molecular weight excluding hydrogens is 396 g/mol. The molecule has 0 aliphatic rings. The summed E-state index contributed by atoms with van der Waals surface area (Å²) < 4.78 is 11.7. The maximum atomic E-state index is 12.6. The van der Waals surface area contributed by atoms with Gasteiger partial charge in [0.15, 0.2) is 0 Å². The van der Waals surface area contributed by atoms with E-state index in [1.165, 1.54) is 0 Å². The molecule has 2 aromatic carbocycles. The molecule has 2 aromatic rings. The molecule has 0 bridgehead atoms. The summed E-state index contributed by atoms with van der Waals surface area (Å²) in [6.45, 7) is 4.23. The van der Waals surface area contributed by atoms with Crippen molar-refractivity contribution in [3.63, 3.8) is 0 Å². The number of unbranched alkanes of at least 4 members (excludes halogenated alkanes) is 2. The fourth-order valence-electron chi connectivity index (χ4n) is 2.49. The maximum absolute atomic E-state index is 12.6. The predicted octanol–water partition coefficient (Wildman–Crippen LogP) is 5.71. The van der Waals surface area contributed by atoms with E-state index in [1.807, 2.05) is 24.3 Å². The highest BCUT2D eigenvalue weighted by atomic mass is 79.9. The molecule has 0 spiro atoms. The smallest absolute Gasteiger partial charge is 0.339 e. The van der Waals surface area contributed by atoms with Gasteiger partial charge in [0.2, 0.25) is 0 Å². The van der Waals surface area contributed by atoms with Crippen LogP contribution < -0.4 is 0 Å². The second kappa shape index (κ2) is 10.1. The third-order valence-corrected chi connectivity index (χ3v) is 4.44. The zero-order chi connectivity index (χ0) is 18.9. The lowest BCUT2D eigenvalue weighted by Crippen LogP contribution is -2.16. The molecule has 0 amide bonds. The quantitative estimate of drug-likeness (QED) is 0.406. The fraction of sp³-hybridized carbons (Fsp3) is 0.333. The average Bonchev–Trinajstić information content (AvgIpc) is 2.65. The minimum absolute atomic E-state index is 0.217. The molecule has 1 atom stereocenters. The van der Waals surface area contributed by atoms with Crippen LogP contribution in [0.2, 0.25) is 0 Å². The van der Waals surface area contributed by atoms with E-state index in [-0.39, 0.29) is 11.1 Å². The number of carbonyl (C=O) groups excluding carboxylic acids is 2. The van der Waals surface area contributed by atoms with Crippen molar-refractivity contribution < 1.29 is 19.1 Å². The molecule has 0 aliphatic carbocycles. The summed E-state index contributed by atoms with van der Waals surface area (Å²) in [5.74, 6) is -1.04. The number of ether oxygens (including phenoxy) is 2. The molecule has 0 aliphatic heterocycles. The Balaban J connectivity index is 2.08. The second-order valence-electron chi connectivity index (χ2n) is 5.99. The van der Waals surface area contributed by atoms with Crippen LogP contribution in [0.1, 0.15) is 65.5 Å². The Labute approximate surface area is 162 Å². The van der Waals surface area contributed by atoms with Gasteiger partial charge in [-0.2, -0.15) is 0 Å². The lowest BCUT2D eigenvalue weighted by molar-refractivity contribution is 0.0324. The molecule has 5 heteroatoms. The van der Waals surface area contributed by atoms with Crippen LogP contribution in [-0.4, -0.2) is 18.5 Å². The van der Waals surface area contributed by atoms with Crippen LogP contribution in [-0.2, 0) is 9.47 Å². The van der Waals surface area contributed by atoms with E-state index in [4.69, 9.17) is 9.47 Å². The first-order chi connectivity index (χ1) is 12.5. The summed E-state index contributed by atoms with van der Waals surface area (Å²) in [4.78, 5) is 24.9. The van der Waals surface area contributed by atoms with E-state index in [9.17, 15) is 9.59 Å². The van der Waals surface area contributed by atoms with Crippen molar-refractivity contribution in [3.8, 4) is 0 Å². The van der Waals surface area contributed by atoms with Crippen LogP contribution in [0, 0.1) is 0 Å². The van der Waals surface area contributed by atoms with E-state index in [0.717, 1.165) is 29.3 Å². The third-order valence-electron chi connectivity index (χ3n) is 3.95. The summed E-state index contributed by atoms with van der Waals surface area (Å²) >= 11 is 3.41. The van der Waals surface area contributed by atoms with E-state index >= 15 is 0 Å². The van der Waals surface area contributed by atoms with Gasteiger partial charge >= 0.3 is 11.9 Å². The van der Waals surface area contributed by atoms with Gasteiger partial charge in [0, 0.05) is 4.47 Å². The Kier molecular flexibility index (Phi) is 7.85. The monoisotopic (exact) mass is 418 g/mol. The van der Waals surface area contributed by atoms with Crippen LogP contribution in [0.25, 0.3) is 0 Å². The number of rotatable bonds is 8. The number of carbonyl (C=O) groups is 2. The fourth-order valence-corrected chi connectivity index (χ4v) is 2.90. The molecule has 4 nitrogen and oxygen atoms in total. The van der Waals surface area contributed by atoms with E-state index in [1.54, 1.807) is 31.2 Å². The van der Waals surface area contributed by atoms with Crippen molar-refractivity contribution in [1.82, 2.24) is 0 Å². The minimum Gasteiger partial charge on any atom is -0.462 e. The number of hydrogen-bond donors (Lipinski definition) is 0. The van der Waals surface area contributed by atoms with Gasteiger partial charge in [0.05, 0.1) is 17.7 Å². The van der Waals surface area contributed by atoms with E-state index in [2.05, 4.69) is 22.9 Å². The largest absolute Gasteiger partial charge is 0.462 e. The standard InChI is InChI=1S/C21H23BrO4/c1-3-4-7-13-25-20(23)18-11-5-6-12-19(18)21(24)26-15(2)16-9-8-10-17(22)14-16/h5-6,8-12,14-15H,3-4,7,13H2,1-2H3. The molecule has 138 valence electrons. The summed E-state index contributed by atoms with van der Waals surface area (Å²) in [6, 6.07) is 14.1. The summed E-state index contributed by atoms with van der Waals surface area (Å²) in [5.41, 5.74) is 1.32. The Morgan fingerprint density at radius 2 is 1.69 bits per heavy atom.